The second-order valence-corrected chi connectivity index (χ2v) is 3.52. The molecule has 0 amide bonds. The largest absolute Gasteiger partial charge is 0.493 e. The fourth-order valence-electron chi connectivity index (χ4n) is 1.46. The van der Waals surface area contributed by atoms with E-state index in [-0.39, 0.29) is 0 Å². The van der Waals surface area contributed by atoms with E-state index in [1.165, 1.54) is 6.20 Å². The first kappa shape index (κ1) is 12.0. The van der Waals surface area contributed by atoms with Crippen LogP contribution < -0.4 is 20.5 Å². The summed E-state index contributed by atoms with van der Waals surface area (Å²) in [6, 6.07) is 5.49. The van der Waals surface area contributed by atoms with Gasteiger partial charge in [-0.15, -0.1) is 0 Å². The predicted molar refractivity (Wildman–Crippen MR) is 69.3 cm³/mol. The summed E-state index contributed by atoms with van der Waals surface area (Å²) in [6.07, 6.45) is 3.05. The van der Waals surface area contributed by atoms with Crippen molar-refractivity contribution < 1.29 is 9.47 Å². The van der Waals surface area contributed by atoms with Gasteiger partial charge in [-0.1, -0.05) is 0 Å². The molecule has 0 aliphatic heterocycles. The molecule has 0 spiro atoms. The summed E-state index contributed by atoms with van der Waals surface area (Å²) in [5.74, 6) is 2.31. The number of nitrogens with zero attached hydrogens (tertiary/aromatic N) is 2. The van der Waals surface area contributed by atoms with Gasteiger partial charge in [0.15, 0.2) is 11.5 Å². The third-order valence-corrected chi connectivity index (χ3v) is 2.33. The van der Waals surface area contributed by atoms with Crippen LogP contribution in [0.3, 0.4) is 0 Å². The quantitative estimate of drug-likeness (QED) is 0.856. The van der Waals surface area contributed by atoms with E-state index >= 15 is 0 Å². The smallest absolute Gasteiger partial charge is 0.162 e. The number of nitrogen functional groups attached to an aromatic ring is 1. The zero-order valence-corrected chi connectivity index (χ0v) is 10.2. The first-order valence-corrected chi connectivity index (χ1v) is 5.29. The van der Waals surface area contributed by atoms with Gasteiger partial charge in [-0.05, 0) is 12.1 Å². The summed E-state index contributed by atoms with van der Waals surface area (Å²) in [5.41, 5.74) is 6.29. The third kappa shape index (κ3) is 2.60. The third-order valence-electron chi connectivity index (χ3n) is 2.33. The van der Waals surface area contributed by atoms with Gasteiger partial charge in [0, 0.05) is 11.8 Å². The number of hydrogen-bond acceptors (Lipinski definition) is 6. The Hall–Kier alpha value is -2.50. The van der Waals surface area contributed by atoms with Crippen molar-refractivity contribution in [3.63, 3.8) is 0 Å². The molecule has 0 saturated heterocycles. The number of nitrogens with one attached hydrogen (secondary N) is 1. The molecule has 0 radical (unpaired) electrons. The maximum absolute atomic E-state index is 5.47. The molecule has 3 N–H and O–H groups in total. The minimum Gasteiger partial charge on any atom is -0.493 e. The Balaban J connectivity index is 2.21. The minimum absolute atomic E-state index is 0.382. The molecular weight excluding hydrogens is 232 g/mol. The molecule has 0 bridgehead atoms. The number of methoxy groups -OCH3 is 2. The number of nitrogens with two attached hydrogens (primary N) is 1. The monoisotopic (exact) mass is 246 g/mol. The highest BCUT2D eigenvalue weighted by molar-refractivity contribution is 5.61. The average molecular weight is 246 g/mol. The topological polar surface area (TPSA) is 82.3 Å². The molecule has 94 valence electrons. The van der Waals surface area contributed by atoms with Crippen molar-refractivity contribution in [3.8, 4) is 11.5 Å². The van der Waals surface area contributed by atoms with E-state index in [4.69, 9.17) is 15.2 Å². The Kier molecular flexibility index (Phi) is 3.47. The normalized spacial score (nSPS) is 9.89. The lowest BCUT2D eigenvalue weighted by Gasteiger charge is -2.10. The summed E-state index contributed by atoms with van der Waals surface area (Å²) < 4.78 is 10.4. The summed E-state index contributed by atoms with van der Waals surface area (Å²) in [4.78, 5) is 8.05. The molecule has 1 aromatic carbocycles. The molecule has 2 rings (SSSR count). The van der Waals surface area contributed by atoms with Gasteiger partial charge in [0.1, 0.15) is 11.6 Å². The van der Waals surface area contributed by atoms with Crippen LogP contribution in [0.15, 0.2) is 30.6 Å². The number of benzene rings is 1. The van der Waals surface area contributed by atoms with E-state index in [0.717, 1.165) is 5.69 Å². The Morgan fingerprint density at radius 2 is 1.83 bits per heavy atom. The van der Waals surface area contributed by atoms with Gasteiger partial charge >= 0.3 is 0 Å². The maximum Gasteiger partial charge on any atom is 0.162 e. The fourth-order valence-corrected chi connectivity index (χ4v) is 1.46. The second kappa shape index (κ2) is 5.22. The molecule has 0 unspecified atom stereocenters. The average Bonchev–Trinajstić information content (AvgIpc) is 2.41. The summed E-state index contributed by atoms with van der Waals surface area (Å²) in [7, 11) is 3.18. The second-order valence-electron chi connectivity index (χ2n) is 3.52. The van der Waals surface area contributed by atoms with E-state index in [1.807, 2.05) is 18.2 Å². The zero-order chi connectivity index (χ0) is 13.0. The SMILES string of the molecule is COc1ccc(Nc2cnc(N)cn2)cc1OC. The highest BCUT2D eigenvalue weighted by atomic mass is 16.5. The van der Waals surface area contributed by atoms with Crippen LogP contribution in [0.4, 0.5) is 17.3 Å². The van der Waals surface area contributed by atoms with Crippen molar-refractivity contribution >= 4 is 17.3 Å². The first-order valence-electron chi connectivity index (χ1n) is 5.29. The molecule has 0 aliphatic rings. The Morgan fingerprint density at radius 3 is 2.44 bits per heavy atom. The van der Waals surface area contributed by atoms with Crippen molar-refractivity contribution in [2.45, 2.75) is 0 Å². The molecule has 18 heavy (non-hydrogen) atoms. The number of rotatable bonds is 4. The van der Waals surface area contributed by atoms with Crippen molar-refractivity contribution in [1.29, 1.82) is 0 Å². The number of ether oxygens (including phenoxy) is 2. The maximum atomic E-state index is 5.47. The summed E-state index contributed by atoms with van der Waals surface area (Å²) in [6.45, 7) is 0. The van der Waals surface area contributed by atoms with Gasteiger partial charge < -0.3 is 20.5 Å². The Bertz CT molecular complexity index is 528. The van der Waals surface area contributed by atoms with Crippen LogP contribution in [0, 0.1) is 0 Å². The molecular formula is C12H14N4O2. The highest BCUT2D eigenvalue weighted by Crippen LogP contribution is 2.30. The Labute approximate surface area is 105 Å². The predicted octanol–water partition coefficient (Wildman–Crippen LogP) is 1.82. The van der Waals surface area contributed by atoms with Crippen molar-refractivity contribution in [3.05, 3.63) is 30.6 Å². The van der Waals surface area contributed by atoms with E-state index in [9.17, 15) is 0 Å². The Morgan fingerprint density at radius 1 is 1.06 bits per heavy atom. The molecule has 0 aliphatic carbocycles. The van der Waals surface area contributed by atoms with Crippen LogP contribution in [0.25, 0.3) is 0 Å². The number of aromatic nitrogens is 2. The molecule has 0 fully saturated rings. The molecule has 0 saturated carbocycles. The van der Waals surface area contributed by atoms with Gasteiger partial charge in [-0.3, -0.25) is 0 Å². The van der Waals surface area contributed by atoms with Crippen molar-refractivity contribution in [1.82, 2.24) is 9.97 Å². The molecule has 0 atom stereocenters. The van der Waals surface area contributed by atoms with Gasteiger partial charge in [0.25, 0.3) is 0 Å². The molecule has 1 heterocycles. The van der Waals surface area contributed by atoms with E-state index in [0.29, 0.717) is 23.1 Å². The van der Waals surface area contributed by atoms with Gasteiger partial charge in [-0.25, -0.2) is 9.97 Å². The molecule has 6 heteroatoms. The molecule has 2 aromatic rings. The summed E-state index contributed by atoms with van der Waals surface area (Å²) >= 11 is 0. The zero-order valence-electron chi connectivity index (χ0n) is 10.2. The lowest BCUT2D eigenvalue weighted by molar-refractivity contribution is 0.355. The number of anilines is 3. The first-order chi connectivity index (χ1) is 8.72. The molecule has 6 nitrogen and oxygen atoms in total. The number of hydrogen-bond donors (Lipinski definition) is 2. The fraction of sp³-hybridized carbons (Fsp3) is 0.167. The lowest BCUT2D eigenvalue weighted by Crippen LogP contribution is -1.98. The van der Waals surface area contributed by atoms with E-state index < -0.39 is 0 Å². The van der Waals surface area contributed by atoms with E-state index in [2.05, 4.69) is 15.3 Å². The van der Waals surface area contributed by atoms with Crippen LogP contribution in [0.5, 0.6) is 11.5 Å². The lowest BCUT2D eigenvalue weighted by atomic mass is 10.2. The van der Waals surface area contributed by atoms with Crippen LogP contribution in [-0.4, -0.2) is 24.2 Å². The van der Waals surface area contributed by atoms with Gasteiger partial charge in [0.2, 0.25) is 0 Å². The standard InChI is InChI=1S/C12H14N4O2/c1-17-9-4-3-8(5-10(9)18-2)16-12-7-14-11(13)6-15-12/h3-7H,1-2H3,(H2,13,14)(H,15,16). The van der Waals surface area contributed by atoms with Gasteiger partial charge in [-0.2, -0.15) is 0 Å². The molecule has 1 aromatic heterocycles. The van der Waals surface area contributed by atoms with Crippen LogP contribution in [0.1, 0.15) is 0 Å². The van der Waals surface area contributed by atoms with Crippen LogP contribution in [-0.2, 0) is 0 Å². The van der Waals surface area contributed by atoms with Crippen molar-refractivity contribution in [2.75, 3.05) is 25.3 Å². The van der Waals surface area contributed by atoms with Crippen LogP contribution in [0.2, 0.25) is 0 Å². The van der Waals surface area contributed by atoms with E-state index in [1.54, 1.807) is 20.4 Å². The van der Waals surface area contributed by atoms with Crippen LogP contribution >= 0.6 is 0 Å². The van der Waals surface area contributed by atoms with Gasteiger partial charge in [0.05, 0.1) is 26.6 Å². The summed E-state index contributed by atoms with van der Waals surface area (Å²) in [5, 5.41) is 3.09. The highest BCUT2D eigenvalue weighted by Gasteiger charge is 2.05. The minimum atomic E-state index is 0.382. The van der Waals surface area contributed by atoms with Crippen molar-refractivity contribution in [2.24, 2.45) is 0 Å².